The van der Waals surface area contributed by atoms with Crippen LogP contribution in [0.25, 0.3) is 0 Å². The van der Waals surface area contributed by atoms with Crippen molar-refractivity contribution >= 4 is 29.9 Å². The fourth-order valence-corrected chi connectivity index (χ4v) is 3.13. The van der Waals surface area contributed by atoms with Gasteiger partial charge < -0.3 is 11.1 Å². The molecule has 1 atom stereocenters. The van der Waals surface area contributed by atoms with Crippen LogP contribution in [0.2, 0.25) is 0 Å². The predicted molar refractivity (Wildman–Crippen MR) is 101 cm³/mol. The van der Waals surface area contributed by atoms with Crippen molar-refractivity contribution in [3.8, 4) is 0 Å². The van der Waals surface area contributed by atoms with Gasteiger partial charge in [0.25, 0.3) is 0 Å². The Balaban J connectivity index is 0.00000220. The molecule has 1 heterocycles. The smallest absolute Gasteiger partial charge is 0.188 e. The number of nitrogens with one attached hydrogen (secondary N) is 1. The highest BCUT2D eigenvalue weighted by Crippen LogP contribution is 2.26. The third-order valence-corrected chi connectivity index (χ3v) is 4.81. The lowest BCUT2D eigenvalue weighted by atomic mass is 9.86. The molecule has 5 heteroatoms. The van der Waals surface area contributed by atoms with Gasteiger partial charge in [0.1, 0.15) is 0 Å². The molecule has 0 spiro atoms. The van der Waals surface area contributed by atoms with Gasteiger partial charge in [-0.05, 0) is 51.1 Å². The maximum Gasteiger partial charge on any atom is 0.188 e. The Bertz CT molecular complexity index is 305. The summed E-state index contributed by atoms with van der Waals surface area (Å²) in [6.45, 7) is 6.64. The monoisotopic (exact) mass is 408 g/mol. The first kappa shape index (κ1) is 19.0. The number of hydrogen-bond donors (Lipinski definition) is 2. The van der Waals surface area contributed by atoms with Crippen molar-refractivity contribution in [3.05, 3.63) is 0 Å². The normalized spacial score (nSPS) is 24.2. The molecule has 0 aromatic carbocycles. The van der Waals surface area contributed by atoms with Crippen molar-refractivity contribution in [3.63, 3.8) is 0 Å². The second-order valence-corrected chi connectivity index (χ2v) is 6.44. The van der Waals surface area contributed by atoms with Crippen molar-refractivity contribution in [2.24, 2.45) is 16.6 Å². The van der Waals surface area contributed by atoms with Gasteiger partial charge in [0.05, 0.1) is 0 Å². The average molecular weight is 408 g/mol. The molecule has 124 valence electrons. The Hall–Kier alpha value is -0.0400. The summed E-state index contributed by atoms with van der Waals surface area (Å²) in [5.74, 6) is 1.45. The van der Waals surface area contributed by atoms with E-state index < -0.39 is 0 Å². The van der Waals surface area contributed by atoms with Crippen molar-refractivity contribution in [1.29, 1.82) is 0 Å². The molecule has 0 amide bonds. The first-order chi connectivity index (χ1) is 9.79. The molecule has 2 rings (SSSR count). The van der Waals surface area contributed by atoms with E-state index in [1.54, 1.807) is 0 Å². The maximum absolute atomic E-state index is 5.98. The zero-order valence-electron chi connectivity index (χ0n) is 13.5. The quantitative estimate of drug-likeness (QED) is 0.387. The first-order valence-corrected chi connectivity index (χ1v) is 8.57. The van der Waals surface area contributed by atoms with Gasteiger partial charge in [0, 0.05) is 19.1 Å². The fraction of sp³-hybridized carbons (Fsp3) is 0.938. The molecule has 21 heavy (non-hydrogen) atoms. The molecule has 0 aromatic heterocycles. The summed E-state index contributed by atoms with van der Waals surface area (Å²) in [6, 6.07) is 0.646. The van der Waals surface area contributed by atoms with Crippen LogP contribution in [0.5, 0.6) is 0 Å². The minimum Gasteiger partial charge on any atom is -0.370 e. The van der Waals surface area contributed by atoms with E-state index in [4.69, 9.17) is 5.73 Å². The van der Waals surface area contributed by atoms with E-state index in [-0.39, 0.29) is 24.0 Å². The van der Waals surface area contributed by atoms with Crippen LogP contribution in [-0.2, 0) is 0 Å². The van der Waals surface area contributed by atoms with Gasteiger partial charge in [-0.1, -0.05) is 26.2 Å². The van der Waals surface area contributed by atoms with Gasteiger partial charge >= 0.3 is 0 Å². The molecule has 0 bridgehead atoms. The number of piperidine rings is 1. The first-order valence-electron chi connectivity index (χ1n) is 8.57. The molecule has 1 aliphatic carbocycles. The fourth-order valence-electron chi connectivity index (χ4n) is 3.13. The lowest BCUT2D eigenvalue weighted by Gasteiger charge is -2.36. The van der Waals surface area contributed by atoms with E-state index in [1.165, 1.54) is 64.5 Å². The van der Waals surface area contributed by atoms with Crippen LogP contribution in [0.15, 0.2) is 4.99 Å². The van der Waals surface area contributed by atoms with E-state index >= 15 is 0 Å². The van der Waals surface area contributed by atoms with Gasteiger partial charge in [-0.2, -0.15) is 0 Å². The minimum absolute atomic E-state index is 0. The predicted octanol–water partition coefficient (Wildman–Crippen LogP) is 2.96. The highest BCUT2D eigenvalue weighted by Gasteiger charge is 2.21. The van der Waals surface area contributed by atoms with Gasteiger partial charge in [0.2, 0.25) is 0 Å². The van der Waals surface area contributed by atoms with Crippen molar-refractivity contribution in [2.75, 3.05) is 26.2 Å². The summed E-state index contributed by atoms with van der Waals surface area (Å²) in [4.78, 5) is 7.12. The van der Waals surface area contributed by atoms with Crippen LogP contribution in [0.1, 0.15) is 58.3 Å². The third kappa shape index (κ3) is 6.72. The Morgan fingerprint density at radius 1 is 1.24 bits per heavy atom. The molecule has 2 aliphatic rings. The van der Waals surface area contributed by atoms with E-state index in [0.717, 1.165) is 19.0 Å². The van der Waals surface area contributed by atoms with Crippen molar-refractivity contribution in [2.45, 2.75) is 64.3 Å². The Labute approximate surface area is 147 Å². The van der Waals surface area contributed by atoms with E-state index in [2.05, 4.69) is 22.1 Å². The molecule has 1 saturated heterocycles. The molecule has 0 radical (unpaired) electrons. The van der Waals surface area contributed by atoms with Crippen molar-refractivity contribution < 1.29 is 0 Å². The average Bonchev–Trinajstić information content (AvgIpc) is 2.42. The molecule has 0 aromatic rings. The SMILES string of the molecule is CCCCN1CCCCC1CNC(N)=NCC1CCC1.I. The second-order valence-electron chi connectivity index (χ2n) is 6.44. The largest absolute Gasteiger partial charge is 0.370 e. The summed E-state index contributed by atoms with van der Waals surface area (Å²) in [6.07, 6.45) is 10.6. The van der Waals surface area contributed by atoms with Crippen LogP contribution in [-0.4, -0.2) is 43.1 Å². The topological polar surface area (TPSA) is 53.6 Å². The molecule has 3 N–H and O–H groups in total. The number of nitrogens with zero attached hydrogens (tertiary/aromatic N) is 2. The molecular weight excluding hydrogens is 375 g/mol. The minimum atomic E-state index is 0. The molecule has 1 saturated carbocycles. The second kappa shape index (κ2) is 10.6. The summed E-state index contributed by atoms with van der Waals surface area (Å²) >= 11 is 0. The molecule has 4 nitrogen and oxygen atoms in total. The highest BCUT2D eigenvalue weighted by molar-refractivity contribution is 14.0. The Morgan fingerprint density at radius 2 is 2.05 bits per heavy atom. The summed E-state index contributed by atoms with van der Waals surface area (Å²) in [7, 11) is 0. The Morgan fingerprint density at radius 3 is 2.71 bits per heavy atom. The zero-order valence-corrected chi connectivity index (χ0v) is 15.9. The van der Waals surface area contributed by atoms with Crippen LogP contribution in [0.4, 0.5) is 0 Å². The highest BCUT2D eigenvalue weighted by atomic mass is 127. The van der Waals surface area contributed by atoms with E-state index in [1.807, 2.05) is 0 Å². The number of rotatable bonds is 7. The van der Waals surface area contributed by atoms with Gasteiger partial charge in [-0.15, -0.1) is 24.0 Å². The number of halogens is 1. The van der Waals surface area contributed by atoms with Crippen LogP contribution >= 0.6 is 24.0 Å². The Kier molecular flexibility index (Phi) is 9.64. The number of hydrogen-bond acceptors (Lipinski definition) is 2. The molecular formula is C16H33IN4. The van der Waals surface area contributed by atoms with Gasteiger partial charge in [-0.25, -0.2) is 0 Å². The zero-order chi connectivity index (χ0) is 14.2. The van der Waals surface area contributed by atoms with Crippen LogP contribution in [0.3, 0.4) is 0 Å². The maximum atomic E-state index is 5.98. The number of guanidine groups is 1. The number of unbranched alkanes of at least 4 members (excludes halogenated alkanes) is 1. The molecule has 1 unspecified atom stereocenters. The van der Waals surface area contributed by atoms with Gasteiger partial charge in [-0.3, -0.25) is 9.89 Å². The van der Waals surface area contributed by atoms with Crippen LogP contribution < -0.4 is 11.1 Å². The molecule has 2 fully saturated rings. The molecule has 1 aliphatic heterocycles. The summed E-state index contributed by atoms with van der Waals surface area (Å²) in [5.41, 5.74) is 5.98. The number of aliphatic imine (C=N–C) groups is 1. The van der Waals surface area contributed by atoms with Gasteiger partial charge in [0.15, 0.2) is 5.96 Å². The number of likely N-dealkylation sites (tertiary alicyclic amines) is 1. The lowest BCUT2D eigenvalue weighted by Crippen LogP contribution is -2.48. The summed E-state index contributed by atoms with van der Waals surface area (Å²) in [5, 5.41) is 3.35. The van der Waals surface area contributed by atoms with Crippen LogP contribution in [0, 0.1) is 5.92 Å². The van der Waals surface area contributed by atoms with E-state index in [0.29, 0.717) is 12.0 Å². The van der Waals surface area contributed by atoms with Crippen molar-refractivity contribution in [1.82, 2.24) is 10.2 Å². The summed E-state index contributed by atoms with van der Waals surface area (Å²) < 4.78 is 0. The standard InChI is InChI=1S/C16H32N4.HI/c1-2-3-10-20-11-5-4-9-15(20)13-19-16(17)18-12-14-7-6-8-14;/h14-15H,2-13H2,1H3,(H3,17,18,19);1H. The van der Waals surface area contributed by atoms with E-state index in [9.17, 15) is 0 Å². The lowest BCUT2D eigenvalue weighted by molar-refractivity contribution is 0.147. The third-order valence-electron chi connectivity index (χ3n) is 4.81. The number of nitrogens with two attached hydrogens (primary N) is 1.